The van der Waals surface area contributed by atoms with Crippen LogP contribution in [0.2, 0.25) is 0 Å². The third-order valence-electron chi connectivity index (χ3n) is 6.55. The topological polar surface area (TPSA) is 82.9 Å². The van der Waals surface area contributed by atoms with Crippen molar-refractivity contribution in [3.63, 3.8) is 0 Å². The van der Waals surface area contributed by atoms with Gasteiger partial charge in [0.15, 0.2) is 5.76 Å². The maximum atomic E-state index is 13.8. The van der Waals surface area contributed by atoms with Gasteiger partial charge < -0.3 is 19.5 Å². The van der Waals surface area contributed by atoms with E-state index in [1.54, 1.807) is 65.3 Å². The number of hydrogen-bond acceptors (Lipinski definition) is 4. The Bertz CT molecular complexity index is 1440. The zero-order chi connectivity index (χ0) is 25.9. The Morgan fingerprint density at radius 1 is 0.892 bits per heavy atom. The van der Waals surface area contributed by atoms with E-state index >= 15 is 0 Å². The number of nitrogens with one attached hydrogen (secondary N) is 1. The average Bonchev–Trinajstić information content (AvgIpc) is 3.36. The van der Waals surface area contributed by atoms with Gasteiger partial charge in [-0.3, -0.25) is 14.4 Å². The molecule has 1 saturated heterocycles. The van der Waals surface area contributed by atoms with Crippen LogP contribution in [0, 0.1) is 12.7 Å². The lowest BCUT2D eigenvalue weighted by Crippen LogP contribution is -2.51. The molecule has 0 atom stereocenters. The second-order valence-corrected chi connectivity index (χ2v) is 9.11. The number of fused-ring (bicyclic) bond motifs is 1. The number of carbonyl (C=O) groups is 3. The van der Waals surface area contributed by atoms with Crippen LogP contribution in [0.5, 0.6) is 0 Å². The van der Waals surface area contributed by atoms with Crippen molar-refractivity contribution in [3.8, 4) is 0 Å². The molecule has 0 bridgehead atoms. The minimum atomic E-state index is -0.403. The molecule has 0 saturated carbocycles. The lowest BCUT2D eigenvalue weighted by molar-refractivity contribution is -0.131. The first-order valence-corrected chi connectivity index (χ1v) is 12.1. The minimum absolute atomic E-state index is 0.0347. The molecule has 1 fully saturated rings. The molecule has 1 aliphatic heterocycles. The van der Waals surface area contributed by atoms with Crippen molar-refractivity contribution in [2.24, 2.45) is 0 Å². The average molecular weight is 500 g/mol. The van der Waals surface area contributed by atoms with Crippen molar-refractivity contribution in [2.75, 3.05) is 31.5 Å². The summed E-state index contributed by atoms with van der Waals surface area (Å²) < 4.78 is 19.4. The van der Waals surface area contributed by atoms with Gasteiger partial charge in [0, 0.05) is 42.8 Å². The van der Waals surface area contributed by atoms with E-state index in [9.17, 15) is 18.8 Å². The summed E-state index contributed by atoms with van der Waals surface area (Å²) in [6, 6.07) is 20.7. The van der Waals surface area contributed by atoms with E-state index in [-0.39, 0.29) is 29.9 Å². The van der Waals surface area contributed by atoms with Crippen LogP contribution in [-0.2, 0) is 11.2 Å². The first-order chi connectivity index (χ1) is 17.9. The second kappa shape index (κ2) is 10.3. The molecule has 7 nitrogen and oxygen atoms in total. The summed E-state index contributed by atoms with van der Waals surface area (Å²) in [6.45, 7) is 3.29. The van der Waals surface area contributed by atoms with E-state index in [1.807, 2.05) is 18.2 Å². The van der Waals surface area contributed by atoms with Gasteiger partial charge in [-0.2, -0.15) is 0 Å². The van der Waals surface area contributed by atoms with Gasteiger partial charge in [0.1, 0.15) is 11.4 Å². The van der Waals surface area contributed by atoms with Crippen LogP contribution in [0.25, 0.3) is 11.0 Å². The summed E-state index contributed by atoms with van der Waals surface area (Å²) >= 11 is 0. The number of anilines is 1. The number of piperazine rings is 1. The third-order valence-corrected chi connectivity index (χ3v) is 6.55. The molecule has 1 N–H and O–H groups in total. The Balaban J connectivity index is 1.13. The molecule has 3 aromatic carbocycles. The van der Waals surface area contributed by atoms with Crippen LogP contribution >= 0.6 is 0 Å². The van der Waals surface area contributed by atoms with Gasteiger partial charge in [-0.1, -0.05) is 36.4 Å². The molecule has 2 heterocycles. The number of benzene rings is 3. The largest absolute Gasteiger partial charge is 0.451 e. The molecule has 0 unspecified atom stereocenters. The highest BCUT2D eigenvalue weighted by Gasteiger charge is 2.25. The van der Waals surface area contributed by atoms with E-state index in [4.69, 9.17) is 4.42 Å². The summed E-state index contributed by atoms with van der Waals surface area (Å²) in [5.41, 5.74) is 2.88. The summed E-state index contributed by atoms with van der Waals surface area (Å²) in [4.78, 5) is 41.4. The number of carbonyl (C=O) groups excluding carboxylic acids is 3. The standard InChI is InChI=1S/C29H26FN3O4/c1-19-6-9-22(17-24(19)30)29(36)33-14-12-32(13-15-33)27(34)16-20-7-10-23(11-8-20)31-28(35)26-18-21-4-2-3-5-25(21)37-26/h2-11,17-18H,12-16H2,1H3,(H,31,35). The molecule has 1 aromatic heterocycles. The Labute approximate surface area is 213 Å². The molecule has 0 spiro atoms. The van der Waals surface area contributed by atoms with Gasteiger partial charge in [-0.15, -0.1) is 0 Å². The van der Waals surface area contributed by atoms with Crippen LogP contribution < -0.4 is 5.32 Å². The van der Waals surface area contributed by atoms with Crippen molar-refractivity contribution < 1.29 is 23.2 Å². The molecule has 37 heavy (non-hydrogen) atoms. The van der Waals surface area contributed by atoms with Gasteiger partial charge >= 0.3 is 0 Å². The molecule has 8 heteroatoms. The molecule has 4 aromatic rings. The summed E-state index contributed by atoms with van der Waals surface area (Å²) in [5.74, 6) is -0.787. The maximum absolute atomic E-state index is 13.8. The van der Waals surface area contributed by atoms with Crippen LogP contribution in [0.4, 0.5) is 10.1 Å². The first kappa shape index (κ1) is 24.2. The Hall–Kier alpha value is -4.46. The van der Waals surface area contributed by atoms with Crippen LogP contribution in [0.3, 0.4) is 0 Å². The first-order valence-electron chi connectivity index (χ1n) is 12.1. The molecule has 5 rings (SSSR count). The highest BCUT2D eigenvalue weighted by Crippen LogP contribution is 2.20. The van der Waals surface area contributed by atoms with Crippen molar-refractivity contribution in [3.05, 3.63) is 101 Å². The Morgan fingerprint density at radius 3 is 2.30 bits per heavy atom. The van der Waals surface area contributed by atoms with E-state index in [2.05, 4.69) is 5.32 Å². The third kappa shape index (κ3) is 5.38. The lowest BCUT2D eigenvalue weighted by atomic mass is 10.1. The Morgan fingerprint density at radius 2 is 1.59 bits per heavy atom. The fourth-order valence-corrected chi connectivity index (χ4v) is 4.35. The smallest absolute Gasteiger partial charge is 0.291 e. The highest BCUT2D eigenvalue weighted by molar-refractivity contribution is 6.04. The fourth-order valence-electron chi connectivity index (χ4n) is 4.35. The zero-order valence-corrected chi connectivity index (χ0v) is 20.4. The molecule has 0 aliphatic carbocycles. The van der Waals surface area contributed by atoms with E-state index in [1.165, 1.54) is 6.07 Å². The van der Waals surface area contributed by atoms with Crippen molar-refractivity contribution in [2.45, 2.75) is 13.3 Å². The molecular formula is C29H26FN3O4. The fraction of sp³-hybridized carbons (Fsp3) is 0.207. The number of rotatable bonds is 5. The van der Waals surface area contributed by atoms with Crippen LogP contribution in [0.15, 0.2) is 77.2 Å². The SMILES string of the molecule is Cc1ccc(C(=O)N2CCN(C(=O)Cc3ccc(NC(=O)c4cc5ccccc5o4)cc3)CC2)cc1F. The number of furan rings is 1. The van der Waals surface area contributed by atoms with Crippen molar-refractivity contribution >= 4 is 34.4 Å². The van der Waals surface area contributed by atoms with Gasteiger partial charge in [-0.05, 0) is 54.4 Å². The van der Waals surface area contributed by atoms with Crippen LogP contribution in [0.1, 0.15) is 32.0 Å². The summed E-state index contributed by atoms with van der Waals surface area (Å²) in [6.07, 6.45) is 0.217. The number of para-hydroxylation sites is 1. The second-order valence-electron chi connectivity index (χ2n) is 9.11. The number of hydrogen-bond donors (Lipinski definition) is 1. The number of nitrogens with zero attached hydrogens (tertiary/aromatic N) is 2. The number of amides is 3. The summed E-state index contributed by atoms with van der Waals surface area (Å²) in [7, 11) is 0. The molecule has 188 valence electrons. The van der Waals surface area contributed by atoms with Crippen LogP contribution in [-0.4, -0.2) is 53.7 Å². The maximum Gasteiger partial charge on any atom is 0.291 e. The molecular weight excluding hydrogens is 473 g/mol. The normalized spacial score (nSPS) is 13.6. The molecule has 1 aliphatic rings. The zero-order valence-electron chi connectivity index (χ0n) is 20.4. The number of halogens is 1. The van der Waals surface area contributed by atoms with Gasteiger partial charge in [0.25, 0.3) is 11.8 Å². The Kier molecular flexibility index (Phi) is 6.72. The number of aryl methyl sites for hydroxylation is 1. The van der Waals surface area contributed by atoms with E-state index < -0.39 is 5.82 Å². The minimum Gasteiger partial charge on any atom is -0.451 e. The molecule has 3 amide bonds. The quantitative estimate of drug-likeness (QED) is 0.433. The highest BCUT2D eigenvalue weighted by atomic mass is 19.1. The van der Waals surface area contributed by atoms with Crippen molar-refractivity contribution in [1.82, 2.24) is 9.80 Å². The monoisotopic (exact) mass is 499 g/mol. The van der Waals surface area contributed by atoms with Gasteiger partial charge in [-0.25, -0.2) is 4.39 Å². The summed E-state index contributed by atoms with van der Waals surface area (Å²) in [5, 5.41) is 3.67. The van der Waals surface area contributed by atoms with Gasteiger partial charge in [0.05, 0.1) is 6.42 Å². The molecule has 0 radical (unpaired) electrons. The predicted molar refractivity (Wildman–Crippen MR) is 138 cm³/mol. The van der Waals surface area contributed by atoms with Gasteiger partial charge in [0.2, 0.25) is 5.91 Å². The lowest BCUT2D eigenvalue weighted by Gasteiger charge is -2.35. The van der Waals surface area contributed by atoms with Crippen molar-refractivity contribution in [1.29, 1.82) is 0 Å². The van der Waals surface area contributed by atoms with E-state index in [0.717, 1.165) is 10.9 Å². The predicted octanol–water partition coefficient (Wildman–Crippen LogP) is 4.66. The van der Waals surface area contributed by atoms with E-state index in [0.29, 0.717) is 48.6 Å².